The van der Waals surface area contributed by atoms with Crippen molar-refractivity contribution in [1.82, 2.24) is 0 Å². The summed E-state index contributed by atoms with van der Waals surface area (Å²) in [5.74, 6) is -2.94. The molecule has 16 heteroatoms. The molecule has 7 rings (SSSR count). The van der Waals surface area contributed by atoms with E-state index < -0.39 is 95.7 Å². The van der Waals surface area contributed by atoms with E-state index in [0.717, 1.165) is 12.0 Å². The van der Waals surface area contributed by atoms with Crippen LogP contribution in [0.1, 0.15) is 106 Å². The number of aliphatic hydroxyl groups is 6. The Morgan fingerprint density at radius 2 is 1.44 bits per heavy atom. The molecule has 334 valence electrons. The van der Waals surface area contributed by atoms with Gasteiger partial charge in [0.1, 0.15) is 36.6 Å². The van der Waals surface area contributed by atoms with Gasteiger partial charge in [0.2, 0.25) is 0 Å². The zero-order valence-electron chi connectivity index (χ0n) is 35.3. The molecule has 5 aliphatic carbocycles. The molecule has 7 aliphatic rings. The Hall–Kier alpha value is -2.25. The fraction of sp³-hybridized carbons (Fsp3) is 0.884. The Bertz CT molecular complexity index is 1690. The summed E-state index contributed by atoms with van der Waals surface area (Å²) >= 11 is 0. The molecular formula is C43H66O16. The van der Waals surface area contributed by atoms with Crippen LogP contribution in [0.15, 0.2) is 11.6 Å². The van der Waals surface area contributed by atoms with Crippen LogP contribution < -0.4 is 0 Å². The van der Waals surface area contributed by atoms with E-state index >= 15 is 0 Å². The van der Waals surface area contributed by atoms with Crippen molar-refractivity contribution in [2.75, 3.05) is 13.7 Å². The van der Waals surface area contributed by atoms with Crippen molar-refractivity contribution >= 4 is 17.9 Å². The monoisotopic (exact) mass is 838 g/mol. The van der Waals surface area contributed by atoms with E-state index in [1.807, 2.05) is 13.8 Å². The van der Waals surface area contributed by atoms with Crippen LogP contribution in [0.5, 0.6) is 0 Å². The van der Waals surface area contributed by atoms with Crippen LogP contribution in [0, 0.1) is 50.2 Å². The maximum Gasteiger partial charge on any atom is 0.335 e. The van der Waals surface area contributed by atoms with E-state index in [1.165, 1.54) is 14.0 Å². The molecule has 2 saturated heterocycles. The lowest BCUT2D eigenvalue weighted by atomic mass is 9.33. The van der Waals surface area contributed by atoms with Crippen LogP contribution in [0.25, 0.3) is 0 Å². The lowest BCUT2D eigenvalue weighted by molar-refractivity contribution is -0.364. The highest BCUT2D eigenvalue weighted by molar-refractivity contribution is 5.80. The Balaban J connectivity index is 1.16. The van der Waals surface area contributed by atoms with Gasteiger partial charge < -0.3 is 64.5 Å². The number of rotatable bonds is 8. The average Bonchev–Trinajstić information content (AvgIpc) is 3.19. The fourth-order valence-corrected chi connectivity index (χ4v) is 13.9. The highest BCUT2D eigenvalue weighted by atomic mass is 16.7. The number of carboxylic acids is 2. The lowest BCUT2D eigenvalue weighted by Crippen LogP contribution is -2.67. The number of carbonyl (C=O) groups is 3. The van der Waals surface area contributed by atoms with Gasteiger partial charge >= 0.3 is 17.9 Å². The quantitative estimate of drug-likeness (QED) is 0.0990. The van der Waals surface area contributed by atoms with E-state index in [0.29, 0.717) is 57.8 Å². The van der Waals surface area contributed by atoms with Gasteiger partial charge in [-0.15, -0.1) is 0 Å². The summed E-state index contributed by atoms with van der Waals surface area (Å²) in [6.45, 7) is 11.9. The molecule has 20 atom stereocenters. The maximum atomic E-state index is 13.2. The second kappa shape index (κ2) is 15.2. The van der Waals surface area contributed by atoms with Gasteiger partial charge in [0, 0.05) is 5.41 Å². The predicted octanol–water partition coefficient (Wildman–Crippen LogP) is 2.13. The van der Waals surface area contributed by atoms with Gasteiger partial charge in [-0.1, -0.05) is 39.3 Å². The standard InChI is InChI=1S/C43H66O16/c1-20-26(45)27(46)28(47)34(56-20)58-31-29(48)32(33(50)51)59-35(30(31)49)57-25-11-12-39(3)23(40(25,4)19-44)10-13-42(6)24(39)9-8-21-22-18-38(2,37(54)55-7)14-16-43(22,36(52)53)17-15-41(21,42)5/h8,20,22-32,34-35,44-49H,9-19H2,1-7H3,(H,50,51)(H,52,53)/t20-,22-,23+,24+,25-,26-,27+,28+,29-,30+,31-,32-,34-,35+,38-,39-,40-,41+,42+,43-/m0/s1. The Morgan fingerprint density at radius 3 is 2.07 bits per heavy atom. The lowest BCUT2D eigenvalue weighted by Gasteiger charge is -2.71. The summed E-state index contributed by atoms with van der Waals surface area (Å²) in [4.78, 5) is 38.6. The first-order valence-electron chi connectivity index (χ1n) is 21.4. The Morgan fingerprint density at radius 1 is 0.780 bits per heavy atom. The molecule has 0 amide bonds. The zero-order chi connectivity index (χ0) is 43.4. The smallest absolute Gasteiger partial charge is 0.335 e. The van der Waals surface area contributed by atoms with Crippen LogP contribution >= 0.6 is 0 Å². The summed E-state index contributed by atoms with van der Waals surface area (Å²) in [7, 11) is 1.38. The van der Waals surface area contributed by atoms with Gasteiger partial charge in [0.15, 0.2) is 18.7 Å². The molecule has 8 N–H and O–H groups in total. The first kappa shape index (κ1) is 44.8. The number of methoxy groups -OCH3 is 1. The molecule has 4 saturated carbocycles. The number of carbonyl (C=O) groups excluding carboxylic acids is 1. The molecule has 0 unspecified atom stereocenters. The number of carboxylic acid groups (broad SMARTS) is 2. The van der Waals surface area contributed by atoms with E-state index in [4.69, 9.17) is 23.7 Å². The second-order valence-electron chi connectivity index (χ2n) is 20.4. The van der Waals surface area contributed by atoms with E-state index in [1.54, 1.807) is 0 Å². The van der Waals surface area contributed by atoms with Crippen molar-refractivity contribution in [2.24, 2.45) is 50.2 Å². The van der Waals surface area contributed by atoms with Crippen LogP contribution in [0.3, 0.4) is 0 Å². The van der Waals surface area contributed by atoms with Crippen molar-refractivity contribution in [1.29, 1.82) is 0 Å². The van der Waals surface area contributed by atoms with Crippen LogP contribution in [0.2, 0.25) is 0 Å². The van der Waals surface area contributed by atoms with Gasteiger partial charge in [0.05, 0.1) is 36.8 Å². The normalized spacial score (nSPS) is 53.4. The predicted molar refractivity (Wildman–Crippen MR) is 205 cm³/mol. The van der Waals surface area contributed by atoms with Crippen LogP contribution in [-0.4, -0.2) is 140 Å². The molecule has 0 spiro atoms. The first-order valence-corrected chi connectivity index (χ1v) is 21.4. The van der Waals surface area contributed by atoms with Gasteiger partial charge in [-0.2, -0.15) is 0 Å². The Labute approximate surface area is 345 Å². The first-order chi connectivity index (χ1) is 27.5. The van der Waals surface area contributed by atoms with Crippen LogP contribution in [-0.2, 0) is 38.1 Å². The SMILES string of the molecule is COC(=O)[C@@]1(C)CC[C@]2(C(=O)O)CC[C@]3(C)C(=CC[C@@H]4[C@@]5(C)CC[C@H](O[C@@H]6O[C@H](C(=O)O)[C@@H](O)[C@H](O[C@@H]7O[C@@H](C)[C@H](O)[C@@H](O)[C@H]7O)[C@H]6O)[C@@](C)(CO)[C@@H]5CC[C@]43C)[C@@H]2C1. The number of aliphatic carboxylic acids is 2. The summed E-state index contributed by atoms with van der Waals surface area (Å²) in [6, 6.07) is 0. The number of hydrogen-bond acceptors (Lipinski definition) is 14. The molecule has 2 aliphatic heterocycles. The van der Waals surface area contributed by atoms with Gasteiger partial charge in [-0.25, -0.2) is 4.79 Å². The number of allylic oxidation sites excluding steroid dienone is 2. The highest BCUT2D eigenvalue weighted by Crippen LogP contribution is 2.76. The topological polar surface area (TPSA) is 259 Å². The van der Waals surface area contributed by atoms with Crippen LogP contribution in [0.4, 0.5) is 0 Å². The van der Waals surface area contributed by atoms with Gasteiger partial charge in [-0.05, 0) is 112 Å². The highest BCUT2D eigenvalue weighted by Gasteiger charge is 2.71. The third kappa shape index (κ3) is 6.47. The minimum Gasteiger partial charge on any atom is -0.481 e. The van der Waals surface area contributed by atoms with Gasteiger partial charge in [-0.3, -0.25) is 9.59 Å². The zero-order valence-corrected chi connectivity index (χ0v) is 35.3. The van der Waals surface area contributed by atoms with Crippen molar-refractivity contribution in [3.63, 3.8) is 0 Å². The number of esters is 1. The third-order valence-electron chi connectivity index (χ3n) is 17.8. The van der Waals surface area contributed by atoms with Crippen molar-refractivity contribution < 1.29 is 78.9 Å². The van der Waals surface area contributed by atoms with Crippen molar-refractivity contribution in [3.05, 3.63) is 11.6 Å². The number of ether oxygens (including phenoxy) is 5. The molecule has 0 aromatic carbocycles. The number of hydrogen-bond donors (Lipinski definition) is 8. The largest absolute Gasteiger partial charge is 0.481 e. The van der Waals surface area contributed by atoms with Crippen molar-refractivity contribution in [3.8, 4) is 0 Å². The van der Waals surface area contributed by atoms with Gasteiger partial charge in [0.25, 0.3) is 0 Å². The van der Waals surface area contributed by atoms with E-state index in [-0.39, 0.29) is 46.6 Å². The fourth-order valence-electron chi connectivity index (χ4n) is 13.9. The maximum absolute atomic E-state index is 13.2. The number of fused-ring (bicyclic) bond motifs is 7. The molecule has 6 fully saturated rings. The summed E-state index contributed by atoms with van der Waals surface area (Å²) in [6.07, 6.45) is -9.30. The summed E-state index contributed by atoms with van der Waals surface area (Å²) < 4.78 is 28.7. The van der Waals surface area contributed by atoms with Crippen molar-refractivity contribution in [2.45, 2.75) is 173 Å². The minimum atomic E-state index is -1.94. The van der Waals surface area contributed by atoms with E-state index in [2.05, 4.69) is 26.8 Å². The second-order valence-corrected chi connectivity index (χ2v) is 20.4. The molecule has 2 heterocycles. The van der Waals surface area contributed by atoms with E-state index in [9.17, 15) is 55.2 Å². The third-order valence-corrected chi connectivity index (χ3v) is 17.8. The number of aliphatic hydroxyl groups excluding tert-OH is 6. The average molecular weight is 839 g/mol. The molecule has 0 radical (unpaired) electrons. The Kier molecular flexibility index (Phi) is 11.6. The molecule has 0 bridgehead atoms. The summed E-state index contributed by atoms with van der Waals surface area (Å²) in [5, 5.41) is 85.9. The molecule has 0 aromatic rings. The molecule has 59 heavy (non-hydrogen) atoms. The molecular weight excluding hydrogens is 772 g/mol. The minimum absolute atomic E-state index is 0.0943. The molecule has 16 nitrogen and oxygen atoms in total. The summed E-state index contributed by atoms with van der Waals surface area (Å²) in [5.41, 5.74) is -2.42. The molecule has 0 aromatic heterocycles.